The van der Waals surface area contributed by atoms with E-state index in [0.29, 0.717) is 12.2 Å². The maximum Gasteiger partial charge on any atom is 0.148 e. The number of pyridine rings is 1. The molecule has 0 amide bonds. The average Bonchev–Trinajstić information content (AvgIpc) is 2.53. The molecule has 5 heteroatoms. The topological polar surface area (TPSA) is 19.4 Å². The third-order valence-corrected chi connectivity index (χ3v) is 4.34. The molecule has 1 aromatic carbocycles. The molecule has 0 N–H and O–H groups in total. The largest absolute Gasteiger partial charge is 0.369 e. The van der Waals surface area contributed by atoms with Crippen molar-refractivity contribution in [2.45, 2.75) is 20.4 Å². The van der Waals surface area contributed by atoms with Crippen molar-refractivity contribution in [3.63, 3.8) is 0 Å². The Balaban J connectivity index is 1.63. The molecule has 1 fully saturated rings. The van der Waals surface area contributed by atoms with Crippen LogP contribution in [-0.2, 0) is 6.54 Å². The highest BCUT2D eigenvalue weighted by Crippen LogP contribution is 2.23. The van der Waals surface area contributed by atoms with Gasteiger partial charge in [-0.1, -0.05) is 12.1 Å². The molecular weight excluding hydrogens is 296 g/mol. The van der Waals surface area contributed by atoms with Gasteiger partial charge >= 0.3 is 0 Å². The van der Waals surface area contributed by atoms with Crippen molar-refractivity contribution >= 4 is 5.69 Å². The summed E-state index contributed by atoms with van der Waals surface area (Å²) in [4.78, 5) is 8.40. The number of hydrogen-bond donors (Lipinski definition) is 0. The van der Waals surface area contributed by atoms with Gasteiger partial charge in [-0.15, -0.1) is 0 Å². The van der Waals surface area contributed by atoms with Gasteiger partial charge in [0.25, 0.3) is 0 Å². The summed E-state index contributed by atoms with van der Waals surface area (Å²) in [6.07, 6.45) is 1.07. The second kappa shape index (κ2) is 6.62. The van der Waals surface area contributed by atoms with E-state index in [9.17, 15) is 8.78 Å². The minimum absolute atomic E-state index is 0.312. The van der Waals surface area contributed by atoms with Crippen molar-refractivity contribution in [1.29, 1.82) is 0 Å². The van der Waals surface area contributed by atoms with Gasteiger partial charge in [-0.2, -0.15) is 0 Å². The lowest BCUT2D eigenvalue weighted by Gasteiger charge is -2.36. The second-order valence-corrected chi connectivity index (χ2v) is 6.14. The first kappa shape index (κ1) is 15.9. The summed E-state index contributed by atoms with van der Waals surface area (Å²) in [6.45, 7) is 8.12. The maximum atomic E-state index is 13.7. The number of anilines is 1. The highest BCUT2D eigenvalue weighted by Gasteiger charge is 2.20. The van der Waals surface area contributed by atoms with E-state index in [-0.39, 0.29) is 0 Å². The van der Waals surface area contributed by atoms with Crippen molar-refractivity contribution < 1.29 is 8.78 Å². The molecule has 0 bridgehead atoms. The van der Waals surface area contributed by atoms with Gasteiger partial charge in [0.15, 0.2) is 0 Å². The van der Waals surface area contributed by atoms with Gasteiger partial charge < -0.3 is 4.90 Å². The molecule has 23 heavy (non-hydrogen) atoms. The van der Waals surface area contributed by atoms with Crippen molar-refractivity contribution in [3.8, 4) is 0 Å². The minimum atomic E-state index is -0.633. The van der Waals surface area contributed by atoms with E-state index in [0.717, 1.165) is 38.4 Å². The number of piperazine rings is 1. The van der Waals surface area contributed by atoms with Crippen LogP contribution in [0.25, 0.3) is 0 Å². The molecule has 0 aliphatic carbocycles. The molecule has 0 unspecified atom stereocenters. The number of benzene rings is 1. The van der Waals surface area contributed by atoms with Crippen molar-refractivity contribution in [2.75, 3.05) is 31.1 Å². The quantitative estimate of drug-likeness (QED) is 0.866. The zero-order valence-electron chi connectivity index (χ0n) is 13.5. The Bertz CT molecular complexity index is 695. The fourth-order valence-electron chi connectivity index (χ4n) is 2.98. The van der Waals surface area contributed by atoms with E-state index in [1.54, 1.807) is 0 Å². The van der Waals surface area contributed by atoms with Crippen LogP contribution in [0.4, 0.5) is 14.5 Å². The van der Waals surface area contributed by atoms with Gasteiger partial charge in [0.2, 0.25) is 0 Å². The fraction of sp³-hybridized carbons (Fsp3) is 0.389. The number of halogens is 2. The van der Waals surface area contributed by atoms with E-state index in [1.165, 1.54) is 16.8 Å². The third kappa shape index (κ3) is 3.67. The molecule has 0 radical (unpaired) electrons. The fourth-order valence-corrected chi connectivity index (χ4v) is 2.98. The van der Waals surface area contributed by atoms with Crippen LogP contribution in [0.1, 0.15) is 16.8 Å². The molecule has 0 saturated carbocycles. The van der Waals surface area contributed by atoms with E-state index >= 15 is 0 Å². The highest BCUT2D eigenvalue weighted by molar-refractivity contribution is 5.55. The summed E-state index contributed by atoms with van der Waals surface area (Å²) >= 11 is 0. The summed E-state index contributed by atoms with van der Waals surface area (Å²) in [6, 6.07) is 7.38. The van der Waals surface area contributed by atoms with Crippen LogP contribution in [-0.4, -0.2) is 36.1 Å². The first-order valence-electron chi connectivity index (χ1n) is 7.87. The van der Waals surface area contributed by atoms with Gasteiger partial charge in [0.1, 0.15) is 11.6 Å². The van der Waals surface area contributed by atoms with Crippen molar-refractivity contribution in [3.05, 3.63) is 58.9 Å². The molecule has 2 heterocycles. The van der Waals surface area contributed by atoms with Crippen LogP contribution in [0, 0.1) is 25.5 Å². The average molecular weight is 317 g/mol. The Morgan fingerprint density at radius 2 is 1.78 bits per heavy atom. The maximum absolute atomic E-state index is 13.7. The Morgan fingerprint density at radius 3 is 2.48 bits per heavy atom. The van der Waals surface area contributed by atoms with Crippen LogP contribution in [0.5, 0.6) is 0 Å². The molecule has 0 atom stereocenters. The van der Waals surface area contributed by atoms with E-state index < -0.39 is 11.6 Å². The molecule has 3 nitrogen and oxygen atoms in total. The van der Waals surface area contributed by atoms with Gasteiger partial charge in [-0.3, -0.25) is 9.88 Å². The predicted molar refractivity (Wildman–Crippen MR) is 87.6 cm³/mol. The monoisotopic (exact) mass is 317 g/mol. The second-order valence-electron chi connectivity index (χ2n) is 6.14. The zero-order chi connectivity index (χ0) is 16.4. The lowest BCUT2D eigenvalue weighted by atomic mass is 10.1. The molecule has 1 saturated heterocycles. The summed E-state index contributed by atoms with van der Waals surface area (Å²) in [5.74, 6) is -1.20. The van der Waals surface area contributed by atoms with Crippen molar-refractivity contribution in [2.24, 2.45) is 0 Å². The number of hydrogen-bond acceptors (Lipinski definition) is 3. The molecule has 1 aliphatic rings. The summed E-state index contributed by atoms with van der Waals surface area (Å²) in [5.41, 5.74) is 4.11. The highest BCUT2D eigenvalue weighted by atomic mass is 19.1. The Kier molecular flexibility index (Phi) is 4.57. The molecule has 2 aromatic rings. The first-order valence-corrected chi connectivity index (χ1v) is 7.87. The zero-order valence-corrected chi connectivity index (χ0v) is 13.5. The van der Waals surface area contributed by atoms with Gasteiger partial charge in [-0.25, -0.2) is 8.78 Å². The molecule has 1 aliphatic heterocycles. The summed E-state index contributed by atoms with van der Waals surface area (Å²) < 4.78 is 26.6. The predicted octanol–water partition coefficient (Wildman–Crippen LogP) is 3.30. The van der Waals surface area contributed by atoms with Crippen LogP contribution in [0.3, 0.4) is 0 Å². The minimum Gasteiger partial charge on any atom is -0.369 e. The van der Waals surface area contributed by atoms with Gasteiger partial charge in [-0.05, 0) is 31.0 Å². The molecule has 0 spiro atoms. The summed E-state index contributed by atoms with van der Waals surface area (Å²) in [7, 11) is 0. The van der Waals surface area contributed by atoms with E-state index in [2.05, 4.69) is 46.8 Å². The Hall–Kier alpha value is -2.01. The van der Waals surface area contributed by atoms with Crippen molar-refractivity contribution in [1.82, 2.24) is 9.88 Å². The number of rotatable bonds is 3. The van der Waals surface area contributed by atoms with Gasteiger partial charge in [0, 0.05) is 44.5 Å². The third-order valence-electron chi connectivity index (χ3n) is 4.34. The SMILES string of the molecule is Cc1ccc(C)c(N2CCN(Cc3ncc(F)cc3F)CC2)c1. The van der Waals surface area contributed by atoms with Crippen LogP contribution < -0.4 is 4.90 Å². The lowest BCUT2D eigenvalue weighted by Crippen LogP contribution is -2.46. The summed E-state index contributed by atoms with van der Waals surface area (Å²) in [5, 5.41) is 0. The molecule has 3 rings (SSSR count). The van der Waals surface area contributed by atoms with Gasteiger partial charge in [0.05, 0.1) is 11.9 Å². The Labute approximate surface area is 135 Å². The molecule has 1 aromatic heterocycles. The normalized spacial score (nSPS) is 15.9. The van der Waals surface area contributed by atoms with Crippen LogP contribution in [0.2, 0.25) is 0 Å². The number of nitrogens with zero attached hydrogens (tertiary/aromatic N) is 3. The molecule has 122 valence electrons. The lowest BCUT2D eigenvalue weighted by molar-refractivity contribution is 0.243. The van der Waals surface area contributed by atoms with Crippen LogP contribution >= 0.6 is 0 Å². The first-order chi connectivity index (χ1) is 11.0. The van der Waals surface area contributed by atoms with Crippen LogP contribution in [0.15, 0.2) is 30.5 Å². The number of aryl methyl sites for hydroxylation is 2. The standard InChI is InChI=1S/C18H21F2N3/c1-13-3-4-14(2)18(9-13)23-7-5-22(6-8-23)12-17-16(20)10-15(19)11-21-17/h3-4,9-11H,5-8,12H2,1-2H3. The van der Waals surface area contributed by atoms with E-state index in [4.69, 9.17) is 0 Å². The Morgan fingerprint density at radius 1 is 1.04 bits per heavy atom. The smallest absolute Gasteiger partial charge is 0.148 e. The molecular formula is C18H21F2N3. The number of aromatic nitrogens is 1. The van der Waals surface area contributed by atoms with E-state index in [1.807, 2.05) is 0 Å².